The quantitative estimate of drug-likeness (QED) is 0.159. The van der Waals surface area contributed by atoms with E-state index in [9.17, 15) is 9.59 Å². The topological polar surface area (TPSA) is 81.0 Å². The molecule has 48 heavy (non-hydrogen) atoms. The van der Waals surface area contributed by atoms with Gasteiger partial charge in [0.1, 0.15) is 5.58 Å². The SMILES string of the molecule is CC(=O)c1cc(-c2ccccc2N[C@H](C)c2cc(C)cc3c(=O)c(C)c(N4CCC(C)(C)CC4)oc23)ccc1B1OC(C)(C)C(C)(C)O1. The first kappa shape index (κ1) is 34.0. The minimum Gasteiger partial charge on any atom is -0.440 e. The predicted molar refractivity (Wildman–Crippen MR) is 197 cm³/mol. The van der Waals surface area contributed by atoms with Gasteiger partial charge in [-0.05, 0) is 108 Å². The molecule has 0 radical (unpaired) electrons. The molecule has 2 aliphatic heterocycles. The van der Waals surface area contributed by atoms with Gasteiger partial charge in [-0.2, -0.15) is 0 Å². The van der Waals surface area contributed by atoms with Crippen molar-refractivity contribution in [2.45, 2.75) is 99.3 Å². The Bertz CT molecular complexity index is 1930. The number of benzene rings is 3. The molecule has 3 heterocycles. The van der Waals surface area contributed by atoms with Crippen LogP contribution in [0, 0.1) is 19.3 Å². The summed E-state index contributed by atoms with van der Waals surface area (Å²) >= 11 is 0. The predicted octanol–water partition coefficient (Wildman–Crippen LogP) is 8.38. The fourth-order valence-corrected chi connectivity index (χ4v) is 6.87. The maximum Gasteiger partial charge on any atom is 0.495 e. The number of piperidine rings is 1. The van der Waals surface area contributed by atoms with Crippen LogP contribution in [0.4, 0.5) is 11.6 Å². The van der Waals surface area contributed by atoms with Crippen molar-refractivity contribution in [2.24, 2.45) is 5.41 Å². The van der Waals surface area contributed by atoms with Gasteiger partial charge in [0.2, 0.25) is 5.88 Å². The monoisotopic (exact) mass is 648 g/mol. The van der Waals surface area contributed by atoms with Crippen molar-refractivity contribution in [1.82, 2.24) is 0 Å². The van der Waals surface area contributed by atoms with Crippen LogP contribution in [0.2, 0.25) is 0 Å². The molecule has 0 saturated carbocycles. The summed E-state index contributed by atoms with van der Waals surface area (Å²) in [6.07, 6.45) is 2.10. The number of nitrogens with one attached hydrogen (secondary N) is 1. The summed E-state index contributed by atoms with van der Waals surface area (Å²) in [6, 6.07) is 17.8. The number of carbonyl (C=O) groups excluding carboxylic acids is 1. The van der Waals surface area contributed by atoms with E-state index in [0.29, 0.717) is 28.0 Å². The van der Waals surface area contributed by atoms with Gasteiger partial charge in [0.05, 0.1) is 28.2 Å². The number of aryl methyl sites for hydroxylation is 1. The lowest BCUT2D eigenvalue weighted by atomic mass is 9.74. The zero-order valence-corrected chi connectivity index (χ0v) is 30.2. The number of carbonyl (C=O) groups is 1. The third-order valence-electron chi connectivity index (χ3n) is 10.8. The number of para-hydroxylation sites is 1. The Hall–Kier alpha value is -3.88. The van der Waals surface area contributed by atoms with E-state index in [1.807, 2.05) is 84.0 Å². The molecule has 6 rings (SSSR count). The number of nitrogens with zero attached hydrogens (tertiary/aromatic N) is 1. The van der Waals surface area contributed by atoms with Crippen LogP contribution in [0.1, 0.15) is 101 Å². The van der Waals surface area contributed by atoms with Gasteiger partial charge < -0.3 is 23.9 Å². The second-order valence-corrected chi connectivity index (χ2v) is 15.6. The van der Waals surface area contributed by atoms with Crippen molar-refractivity contribution >= 4 is 40.9 Å². The van der Waals surface area contributed by atoms with E-state index in [2.05, 4.69) is 43.1 Å². The molecule has 2 fully saturated rings. The van der Waals surface area contributed by atoms with Crippen LogP contribution in [0.5, 0.6) is 0 Å². The van der Waals surface area contributed by atoms with Crippen LogP contribution in [0.15, 0.2) is 63.8 Å². The second kappa shape index (κ2) is 12.2. The zero-order chi connectivity index (χ0) is 34.8. The summed E-state index contributed by atoms with van der Waals surface area (Å²) in [7, 11) is -0.634. The molecular formula is C40H49BN2O5. The molecule has 0 amide bonds. The number of Topliss-reactive ketones (excluding diaryl/α,β-unsaturated/α-hetero) is 1. The summed E-state index contributed by atoms with van der Waals surface area (Å²) in [6.45, 7) is 21.9. The fraction of sp³-hybridized carbons (Fsp3) is 0.450. The van der Waals surface area contributed by atoms with Crippen molar-refractivity contribution < 1.29 is 18.5 Å². The minimum atomic E-state index is -0.634. The van der Waals surface area contributed by atoms with E-state index in [-0.39, 0.29) is 22.7 Å². The fourth-order valence-electron chi connectivity index (χ4n) is 6.87. The van der Waals surface area contributed by atoms with Crippen LogP contribution in [-0.2, 0) is 9.31 Å². The maximum atomic E-state index is 13.8. The summed E-state index contributed by atoms with van der Waals surface area (Å²) in [4.78, 5) is 29.0. The molecule has 0 spiro atoms. The summed E-state index contributed by atoms with van der Waals surface area (Å²) < 4.78 is 19.3. The Morgan fingerprint density at radius 2 is 1.56 bits per heavy atom. The van der Waals surface area contributed by atoms with Gasteiger partial charge in [-0.1, -0.05) is 50.2 Å². The summed E-state index contributed by atoms with van der Waals surface area (Å²) in [5, 5.41) is 4.32. The average Bonchev–Trinajstić information content (AvgIpc) is 3.24. The molecule has 2 saturated heterocycles. The molecule has 1 aromatic heterocycles. The molecule has 3 aromatic carbocycles. The normalized spacial score (nSPS) is 19.0. The number of hydrogen-bond acceptors (Lipinski definition) is 7. The Kier molecular flexibility index (Phi) is 8.66. The number of hydrogen-bond donors (Lipinski definition) is 1. The first-order chi connectivity index (χ1) is 22.5. The summed E-state index contributed by atoms with van der Waals surface area (Å²) in [5.74, 6) is 0.629. The summed E-state index contributed by atoms with van der Waals surface area (Å²) in [5.41, 5.74) is 6.57. The van der Waals surface area contributed by atoms with Gasteiger partial charge in [-0.3, -0.25) is 9.59 Å². The third kappa shape index (κ3) is 6.21. The molecule has 0 aliphatic carbocycles. The van der Waals surface area contributed by atoms with E-state index in [1.165, 1.54) is 0 Å². The molecule has 0 bridgehead atoms. The van der Waals surface area contributed by atoms with Gasteiger partial charge in [0.25, 0.3) is 0 Å². The standard InChI is InChI=1S/C40H49BN2O5/c1-24-21-30(36-32(22-24)35(45)25(2)37(46-36)43-19-17-38(5,6)18-20-43)26(3)42-34-14-12-11-13-29(34)28-15-16-33(31(23-28)27(4)44)41-47-39(7,8)40(9,10)48-41/h11-16,21-23,26,42H,17-20H2,1-10H3/t26-/m1/s1. The van der Waals surface area contributed by atoms with Crippen LogP contribution in [-0.4, -0.2) is 37.2 Å². The highest BCUT2D eigenvalue weighted by Crippen LogP contribution is 2.39. The smallest absolute Gasteiger partial charge is 0.440 e. The molecule has 1 atom stereocenters. The van der Waals surface area contributed by atoms with Crippen LogP contribution >= 0.6 is 0 Å². The number of ketones is 1. The van der Waals surface area contributed by atoms with Gasteiger partial charge in [0, 0.05) is 35.5 Å². The highest BCUT2D eigenvalue weighted by Gasteiger charge is 2.52. The number of fused-ring (bicyclic) bond motifs is 1. The second-order valence-electron chi connectivity index (χ2n) is 15.6. The molecule has 0 unspecified atom stereocenters. The maximum absolute atomic E-state index is 13.8. The lowest BCUT2D eigenvalue weighted by molar-refractivity contribution is 0.00578. The molecule has 7 nitrogen and oxygen atoms in total. The van der Waals surface area contributed by atoms with E-state index >= 15 is 0 Å². The average molecular weight is 649 g/mol. The highest BCUT2D eigenvalue weighted by molar-refractivity contribution is 6.63. The van der Waals surface area contributed by atoms with E-state index in [4.69, 9.17) is 13.7 Å². The molecule has 2 aliphatic rings. The van der Waals surface area contributed by atoms with Crippen molar-refractivity contribution in [3.63, 3.8) is 0 Å². The van der Waals surface area contributed by atoms with Crippen LogP contribution < -0.4 is 21.1 Å². The van der Waals surface area contributed by atoms with E-state index in [0.717, 1.165) is 59.3 Å². The van der Waals surface area contributed by atoms with E-state index in [1.54, 1.807) is 6.92 Å². The molecule has 1 N–H and O–H groups in total. The largest absolute Gasteiger partial charge is 0.495 e. The van der Waals surface area contributed by atoms with Crippen molar-refractivity contribution in [2.75, 3.05) is 23.3 Å². The van der Waals surface area contributed by atoms with Gasteiger partial charge in [-0.25, -0.2) is 0 Å². The molecule has 252 valence electrons. The third-order valence-corrected chi connectivity index (χ3v) is 10.8. The number of anilines is 2. The molecular weight excluding hydrogens is 599 g/mol. The lowest BCUT2D eigenvalue weighted by Crippen LogP contribution is -2.41. The Labute approximate surface area is 285 Å². The molecule has 8 heteroatoms. The molecule has 4 aromatic rings. The van der Waals surface area contributed by atoms with Gasteiger partial charge in [0.15, 0.2) is 11.2 Å². The van der Waals surface area contributed by atoms with Crippen molar-refractivity contribution in [3.8, 4) is 11.1 Å². The van der Waals surface area contributed by atoms with E-state index < -0.39 is 18.3 Å². The Morgan fingerprint density at radius 3 is 2.21 bits per heavy atom. The lowest BCUT2D eigenvalue weighted by Gasteiger charge is -2.37. The number of rotatable bonds is 7. The minimum absolute atomic E-state index is 0.0208. The Balaban J connectivity index is 1.36. The van der Waals surface area contributed by atoms with Gasteiger partial charge in [-0.15, -0.1) is 0 Å². The first-order valence-electron chi connectivity index (χ1n) is 17.2. The van der Waals surface area contributed by atoms with Crippen molar-refractivity contribution in [1.29, 1.82) is 0 Å². The van der Waals surface area contributed by atoms with Gasteiger partial charge >= 0.3 is 7.12 Å². The van der Waals surface area contributed by atoms with Crippen molar-refractivity contribution in [3.05, 3.63) is 87.1 Å². The van der Waals surface area contributed by atoms with Crippen LogP contribution in [0.3, 0.4) is 0 Å². The zero-order valence-electron chi connectivity index (χ0n) is 30.2. The Morgan fingerprint density at radius 1 is 0.917 bits per heavy atom. The van der Waals surface area contributed by atoms with Crippen LogP contribution in [0.25, 0.3) is 22.1 Å². The highest BCUT2D eigenvalue weighted by atomic mass is 16.7. The first-order valence-corrected chi connectivity index (χ1v) is 17.2.